The minimum atomic E-state index is -1.10. The van der Waals surface area contributed by atoms with E-state index in [0.717, 1.165) is 12.1 Å². The minimum absolute atomic E-state index is 0.0551. The molecular formula is C11H15NO5S. The summed E-state index contributed by atoms with van der Waals surface area (Å²) in [5.74, 6) is -1.54. The number of phenolic OH excluding ortho intramolecular Hbond substituents is 1. The zero-order chi connectivity index (χ0) is 14.3. The highest BCUT2D eigenvalue weighted by molar-refractivity contribution is 7.81. The zero-order valence-corrected chi connectivity index (χ0v) is 10.9. The Morgan fingerprint density at radius 1 is 1.50 bits per heavy atom. The fourth-order valence-electron chi connectivity index (χ4n) is 1.15. The van der Waals surface area contributed by atoms with Crippen LogP contribution < -0.4 is 0 Å². The van der Waals surface area contributed by atoms with E-state index in [1.54, 1.807) is 0 Å². The van der Waals surface area contributed by atoms with E-state index in [1.807, 2.05) is 13.8 Å². The lowest BCUT2D eigenvalue weighted by atomic mass is 10.1. The Bertz CT molecular complexity index is 435. The maximum absolute atomic E-state index is 10.5. The number of aliphatic carboxylic acids is 1. The molecule has 1 aromatic carbocycles. The first kappa shape index (κ1) is 16.2. The van der Waals surface area contributed by atoms with E-state index in [2.05, 4.69) is 12.6 Å². The van der Waals surface area contributed by atoms with Gasteiger partial charge in [0.05, 0.1) is 4.92 Å². The van der Waals surface area contributed by atoms with Crippen LogP contribution in [0.15, 0.2) is 18.2 Å². The largest absolute Gasteiger partial charge is 0.502 e. The van der Waals surface area contributed by atoms with E-state index >= 15 is 0 Å². The van der Waals surface area contributed by atoms with Crippen LogP contribution in [-0.2, 0) is 11.2 Å². The van der Waals surface area contributed by atoms with Crippen LogP contribution in [0.2, 0.25) is 0 Å². The second kappa shape index (κ2) is 7.54. The molecule has 0 heterocycles. The van der Waals surface area contributed by atoms with Crippen LogP contribution in [0.3, 0.4) is 0 Å². The summed E-state index contributed by atoms with van der Waals surface area (Å²) in [6.45, 7) is 4.00. The standard InChI is InChI=1S/C9H9NO5S.C2H6/c11-7-2-1-5(3-6(7)10(14)15)4-8(16)9(12)13;1-2/h1-3,8,11,16H,4H2,(H,12,13);1-2H3. The van der Waals surface area contributed by atoms with Gasteiger partial charge in [-0.25, -0.2) is 0 Å². The Kier molecular flexibility index (Phi) is 6.81. The summed E-state index contributed by atoms with van der Waals surface area (Å²) in [6.07, 6.45) is 0.0551. The molecule has 1 unspecified atom stereocenters. The third-order valence-corrected chi connectivity index (χ3v) is 2.35. The van der Waals surface area contributed by atoms with Crippen molar-refractivity contribution in [2.75, 3.05) is 0 Å². The third kappa shape index (κ3) is 4.62. The summed E-state index contributed by atoms with van der Waals surface area (Å²) in [5, 5.41) is 27.4. The number of nitro groups is 1. The van der Waals surface area contributed by atoms with E-state index in [1.165, 1.54) is 6.07 Å². The molecule has 0 amide bonds. The maximum atomic E-state index is 10.5. The van der Waals surface area contributed by atoms with Gasteiger partial charge in [0.1, 0.15) is 5.25 Å². The monoisotopic (exact) mass is 273 g/mol. The Balaban J connectivity index is 0.00000137. The zero-order valence-electron chi connectivity index (χ0n) is 10.0. The molecule has 6 nitrogen and oxygen atoms in total. The molecule has 0 saturated heterocycles. The molecule has 0 aliphatic rings. The molecule has 0 spiro atoms. The van der Waals surface area contributed by atoms with Gasteiger partial charge in [0.15, 0.2) is 5.75 Å². The average molecular weight is 273 g/mol. The first-order valence-corrected chi connectivity index (χ1v) is 5.80. The number of aromatic hydroxyl groups is 1. The number of carboxylic acids is 1. The smallest absolute Gasteiger partial charge is 0.316 e. The Hall–Kier alpha value is -1.76. The van der Waals surface area contributed by atoms with Crippen LogP contribution >= 0.6 is 12.6 Å². The molecule has 0 aliphatic heterocycles. The number of nitrogens with zero attached hydrogens (tertiary/aromatic N) is 1. The van der Waals surface area contributed by atoms with Crippen molar-refractivity contribution < 1.29 is 19.9 Å². The predicted octanol–water partition coefficient (Wildman–Crippen LogP) is 2.25. The predicted molar refractivity (Wildman–Crippen MR) is 70.2 cm³/mol. The van der Waals surface area contributed by atoms with Crippen molar-refractivity contribution in [1.29, 1.82) is 0 Å². The number of carboxylic acid groups (broad SMARTS) is 1. The average Bonchev–Trinajstić information content (AvgIpc) is 2.33. The summed E-state index contributed by atoms with van der Waals surface area (Å²) in [7, 11) is 0. The molecule has 18 heavy (non-hydrogen) atoms. The van der Waals surface area contributed by atoms with Gasteiger partial charge in [-0.05, 0) is 18.1 Å². The maximum Gasteiger partial charge on any atom is 0.316 e. The molecule has 0 saturated carbocycles. The summed E-state index contributed by atoms with van der Waals surface area (Å²) in [6, 6.07) is 3.73. The quantitative estimate of drug-likeness (QED) is 0.444. The van der Waals surface area contributed by atoms with Crippen molar-refractivity contribution in [3.05, 3.63) is 33.9 Å². The van der Waals surface area contributed by atoms with Crippen LogP contribution in [0, 0.1) is 10.1 Å². The van der Waals surface area contributed by atoms with Gasteiger partial charge in [-0.2, -0.15) is 12.6 Å². The van der Waals surface area contributed by atoms with Crippen molar-refractivity contribution >= 4 is 24.3 Å². The highest BCUT2D eigenvalue weighted by atomic mass is 32.1. The van der Waals surface area contributed by atoms with Crippen molar-refractivity contribution in [2.45, 2.75) is 25.5 Å². The molecule has 2 N–H and O–H groups in total. The molecular weight excluding hydrogens is 258 g/mol. The summed E-state index contributed by atoms with van der Waals surface area (Å²) >= 11 is 3.82. The van der Waals surface area contributed by atoms with Crippen LogP contribution in [0.25, 0.3) is 0 Å². The lowest BCUT2D eigenvalue weighted by molar-refractivity contribution is -0.385. The van der Waals surface area contributed by atoms with Gasteiger partial charge in [-0.15, -0.1) is 0 Å². The number of carbonyl (C=O) groups is 1. The highest BCUT2D eigenvalue weighted by Gasteiger charge is 2.17. The van der Waals surface area contributed by atoms with Gasteiger partial charge in [0, 0.05) is 6.07 Å². The SMILES string of the molecule is CC.O=C(O)C(S)Cc1ccc(O)c([N+](=O)[O-])c1. The second-order valence-electron chi connectivity index (χ2n) is 3.14. The van der Waals surface area contributed by atoms with E-state index in [4.69, 9.17) is 5.11 Å². The molecule has 0 fully saturated rings. The number of hydrogen-bond donors (Lipinski definition) is 3. The number of rotatable bonds is 4. The molecule has 7 heteroatoms. The van der Waals surface area contributed by atoms with E-state index in [0.29, 0.717) is 5.56 Å². The van der Waals surface area contributed by atoms with Crippen LogP contribution in [0.1, 0.15) is 19.4 Å². The lowest BCUT2D eigenvalue weighted by Gasteiger charge is -2.05. The molecule has 0 aliphatic carbocycles. The third-order valence-electron chi connectivity index (χ3n) is 1.95. The minimum Gasteiger partial charge on any atom is -0.502 e. The first-order valence-electron chi connectivity index (χ1n) is 5.29. The molecule has 1 rings (SSSR count). The number of benzene rings is 1. The van der Waals surface area contributed by atoms with E-state index in [9.17, 15) is 20.0 Å². The van der Waals surface area contributed by atoms with Crippen LogP contribution in [0.5, 0.6) is 5.75 Å². The number of hydrogen-bond acceptors (Lipinski definition) is 5. The first-order chi connectivity index (χ1) is 8.41. The fourth-order valence-corrected chi connectivity index (χ4v) is 1.36. The van der Waals surface area contributed by atoms with Gasteiger partial charge in [0.25, 0.3) is 0 Å². The molecule has 0 radical (unpaired) electrons. The van der Waals surface area contributed by atoms with Gasteiger partial charge in [-0.3, -0.25) is 14.9 Å². The normalized spacial score (nSPS) is 11.1. The molecule has 0 aromatic heterocycles. The summed E-state index contributed by atoms with van der Waals surface area (Å²) < 4.78 is 0. The number of nitro benzene ring substituents is 1. The number of phenols is 1. The van der Waals surface area contributed by atoms with Crippen LogP contribution in [-0.4, -0.2) is 26.4 Å². The molecule has 100 valence electrons. The van der Waals surface area contributed by atoms with Gasteiger partial charge < -0.3 is 10.2 Å². The molecule has 1 aromatic rings. The van der Waals surface area contributed by atoms with Crippen molar-refractivity contribution in [1.82, 2.24) is 0 Å². The van der Waals surface area contributed by atoms with Crippen molar-refractivity contribution in [2.24, 2.45) is 0 Å². The summed E-state index contributed by atoms with van der Waals surface area (Å²) in [5.41, 5.74) is -0.00433. The Morgan fingerprint density at radius 2 is 2.06 bits per heavy atom. The number of thiol groups is 1. The van der Waals surface area contributed by atoms with Crippen LogP contribution in [0.4, 0.5) is 5.69 Å². The topological polar surface area (TPSA) is 101 Å². The summed E-state index contributed by atoms with van der Waals surface area (Å²) in [4.78, 5) is 20.3. The fraction of sp³-hybridized carbons (Fsp3) is 0.364. The van der Waals surface area contributed by atoms with Gasteiger partial charge in [-0.1, -0.05) is 19.9 Å². The van der Waals surface area contributed by atoms with Gasteiger partial charge in [0.2, 0.25) is 0 Å². The Morgan fingerprint density at radius 3 is 2.50 bits per heavy atom. The van der Waals surface area contributed by atoms with Crippen molar-refractivity contribution in [3.8, 4) is 5.75 Å². The van der Waals surface area contributed by atoms with E-state index in [-0.39, 0.29) is 6.42 Å². The van der Waals surface area contributed by atoms with Crippen molar-refractivity contribution in [3.63, 3.8) is 0 Å². The Labute approximate surface area is 110 Å². The lowest BCUT2D eigenvalue weighted by Crippen LogP contribution is -2.16. The molecule has 0 bridgehead atoms. The van der Waals surface area contributed by atoms with Gasteiger partial charge >= 0.3 is 11.7 Å². The molecule has 1 atom stereocenters. The van der Waals surface area contributed by atoms with E-state index < -0.39 is 27.6 Å². The second-order valence-corrected chi connectivity index (χ2v) is 3.76. The highest BCUT2D eigenvalue weighted by Crippen LogP contribution is 2.27.